The van der Waals surface area contributed by atoms with Crippen LogP contribution >= 0.6 is 0 Å². The second kappa shape index (κ2) is 9.38. The third kappa shape index (κ3) is 4.11. The van der Waals surface area contributed by atoms with Gasteiger partial charge in [-0.15, -0.1) is 0 Å². The molecule has 218 valence electrons. The highest BCUT2D eigenvalue weighted by Crippen LogP contribution is 2.66. The number of hydrogen-bond donors (Lipinski definition) is 2. The van der Waals surface area contributed by atoms with Crippen molar-refractivity contribution in [2.24, 2.45) is 34.5 Å². The molecule has 0 unspecified atom stereocenters. The highest BCUT2D eigenvalue weighted by molar-refractivity contribution is 5.87. The summed E-state index contributed by atoms with van der Waals surface area (Å²) in [6.45, 7) is 3.98. The molecule has 4 aliphatic carbocycles. The lowest BCUT2D eigenvalue weighted by molar-refractivity contribution is -0.312. The molecule has 6 atom stereocenters. The quantitative estimate of drug-likeness (QED) is 0.374. The average molecular weight is 570 g/mol. The predicted octanol–water partition coefficient (Wildman–Crippen LogP) is 7.32. The number of fused-ring (bicyclic) bond motifs is 5. The van der Waals surface area contributed by atoms with Crippen LogP contribution in [0.25, 0.3) is 0 Å². The lowest BCUT2D eigenvalue weighted by Crippen LogP contribution is -2.66. The van der Waals surface area contributed by atoms with Gasteiger partial charge in [-0.05, 0) is 90.7 Å². The normalized spacial score (nSPS) is 34.1. The fourth-order valence-electron chi connectivity index (χ4n) is 8.59. The van der Waals surface area contributed by atoms with E-state index in [2.05, 4.69) is 13.0 Å². The van der Waals surface area contributed by atoms with Crippen LogP contribution in [0.3, 0.4) is 0 Å². The van der Waals surface area contributed by atoms with Gasteiger partial charge in [-0.3, -0.25) is 4.79 Å². The van der Waals surface area contributed by atoms with Crippen molar-refractivity contribution in [2.75, 3.05) is 0 Å². The zero-order chi connectivity index (χ0) is 29.3. The fourth-order valence-corrected chi connectivity index (χ4v) is 8.59. The number of rotatable bonds is 4. The molecular formula is C30H33F6NO3. The summed E-state index contributed by atoms with van der Waals surface area (Å²) < 4.78 is 86.1. The third-order valence-electron chi connectivity index (χ3n) is 10.7. The molecule has 0 aromatic heterocycles. The van der Waals surface area contributed by atoms with E-state index in [9.17, 15) is 41.0 Å². The summed E-state index contributed by atoms with van der Waals surface area (Å²) in [7, 11) is 0. The van der Waals surface area contributed by atoms with Crippen molar-refractivity contribution in [2.45, 2.75) is 76.7 Å². The van der Waals surface area contributed by atoms with Gasteiger partial charge in [0.25, 0.3) is 5.54 Å². The number of carbonyl (C=O) groups is 2. The number of carboxylic acid groups (broad SMARTS) is 1. The van der Waals surface area contributed by atoms with Gasteiger partial charge in [0.05, 0.1) is 0 Å². The van der Waals surface area contributed by atoms with Gasteiger partial charge in [0.1, 0.15) is 0 Å². The molecule has 0 radical (unpaired) electrons. The van der Waals surface area contributed by atoms with E-state index in [0.717, 1.165) is 29.8 Å². The molecule has 5 rings (SSSR count). The van der Waals surface area contributed by atoms with Crippen LogP contribution in [0.15, 0.2) is 53.6 Å². The Balaban J connectivity index is 1.45. The average Bonchev–Trinajstić information content (AvgIpc) is 3.23. The number of alkyl halides is 6. The summed E-state index contributed by atoms with van der Waals surface area (Å²) in [6.07, 6.45) is -4.13. The summed E-state index contributed by atoms with van der Waals surface area (Å²) in [5.74, 6) is -2.86. The van der Waals surface area contributed by atoms with Gasteiger partial charge in [0.2, 0.25) is 5.91 Å². The smallest absolute Gasteiger partial charge is 0.424 e. The molecule has 0 saturated heterocycles. The summed E-state index contributed by atoms with van der Waals surface area (Å²) >= 11 is 0. The zero-order valence-corrected chi connectivity index (χ0v) is 22.3. The van der Waals surface area contributed by atoms with Crippen LogP contribution in [-0.2, 0) is 15.1 Å². The number of carbonyl (C=O) groups excluding carboxylic acids is 1. The molecule has 0 bridgehead atoms. The predicted molar refractivity (Wildman–Crippen MR) is 135 cm³/mol. The SMILES string of the molecule is C[C@]12CC[C@H]3[C@@H](CC=C4C=C(C(=O)O)CC[C@@]43C)[C@@H]1CC[C@@H]2C(=O)NC(c1ccccc1)(C(F)(F)F)C(F)(F)F. The van der Waals surface area contributed by atoms with E-state index in [4.69, 9.17) is 0 Å². The van der Waals surface area contributed by atoms with Crippen LogP contribution in [-0.4, -0.2) is 29.3 Å². The maximum absolute atomic E-state index is 14.3. The van der Waals surface area contributed by atoms with E-state index in [0.29, 0.717) is 44.1 Å². The van der Waals surface area contributed by atoms with Gasteiger partial charge in [-0.1, -0.05) is 50.3 Å². The van der Waals surface area contributed by atoms with E-state index in [1.54, 1.807) is 6.08 Å². The van der Waals surface area contributed by atoms with E-state index < -0.39 is 46.7 Å². The molecule has 4 nitrogen and oxygen atoms in total. The number of benzene rings is 1. The van der Waals surface area contributed by atoms with Gasteiger partial charge in [-0.25, -0.2) is 4.79 Å². The standard InChI is InChI=1S/C30H33F6NO3/c1-26-14-12-17(25(39)40)16-19(26)8-9-20-21-10-11-23(27(21,2)15-13-22(20)26)24(38)37-28(29(31,32)33,30(34,35)36)18-6-4-3-5-7-18/h3-8,16,20-23H,9-15H2,1-2H3,(H,37,38)(H,39,40)/t20-,21-,22-,23+,26-,27-/m0/s1. The molecule has 1 amide bonds. The molecule has 1 aromatic rings. The molecule has 2 saturated carbocycles. The van der Waals surface area contributed by atoms with Crippen LogP contribution < -0.4 is 5.32 Å². The summed E-state index contributed by atoms with van der Waals surface area (Å²) in [5, 5.41) is 11.0. The number of aliphatic carboxylic acids is 1. The topological polar surface area (TPSA) is 66.4 Å². The Morgan fingerprint density at radius 2 is 1.57 bits per heavy atom. The first-order valence-electron chi connectivity index (χ1n) is 13.7. The van der Waals surface area contributed by atoms with Crippen molar-refractivity contribution in [3.63, 3.8) is 0 Å². The van der Waals surface area contributed by atoms with Crippen molar-refractivity contribution in [3.8, 4) is 0 Å². The van der Waals surface area contributed by atoms with Crippen LogP contribution in [0, 0.1) is 34.5 Å². The molecule has 4 aliphatic rings. The molecule has 0 aliphatic heterocycles. The number of nitrogens with one attached hydrogen (secondary N) is 1. The Bertz CT molecular complexity index is 1240. The third-order valence-corrected chi connectivity index (χ3v) is 10.7. The number of carboxylic acids is 1. The van der Waals surface area contributed by atoms with Crippen molar-refractivity contribution >= 4 is 11.9 Å². The van der Waals surface area contributed by atoms with Crippen molar-refractivity contribution in [1.82, 2.24) is 5.32 Å². The van der Waals surface area contributed by atoms with E-state index in [1.165, 1.54) is 11.4 Å². The number of allylic oxidation sites excluding steroid dienone is 3. The van der Waals surface area contributed by atoms with Crippen LogP contribution in [0.4, 0.5) is 26.3 Å². The Morgan fingerprint density at radius 1 is 0.925 bits per heavy atom. The Kier molecular flexibility index (Phi) is 6.74. The molecule has 40 heavy (non-hydrogen) atoms. The van der Waals surface area contributed by atoms with E-state index in [1.807, 2.05) is 6.92 Å². The lowest BCUT2D eigenvalue weighted by atomic mass is 9.48. The second-order valence-corrected chi connectivity index (χ2v) is 12.4. The van der Waals surface area contributed by atoms with Crippen molar-refractivity contribution < 1.29 is 41.0 Å². The van der Waals surface area contributed by atoms with Gasteiger partial charge >= 0.3 is 18.3 Å². The number of hydrogen-bond acceptors (Lipinski definition) is 2. The summed E-state index contributed by atoms with van der Waals surface area (Å²) in [5.41, 5.74) is -5.22. The minimum Gasteiger partial charge on any atom is -0.478 e. The van der Waals surface area contributed by atoms with Gasteiger partial charge in [0, 0.05) is 11.5 Å². The van der Waals surface area contributed by atoms with Crippen LogP contribution in [0.1, 0.15) is 64.4 Å². The Morgan fingerprint density at radius 3 is 2.17 bits per heavy atom. The molecular weight excluding hydrogens is 536 g/mol. The molecule has 0 spiro atoms. The molecule has 2 fully saturated rings. The van der Waals surface area contributed by atoms with Crippen LogP contribution in [0.2, 0.25) is 0 Å². The van der Waals surface area contributed by atoms with Gasteiger partial charge < -0.3 is 10.4 Å². The van der Waals surface area contributed by atoms with E-state index in [-0.39, 0.29) is 29.6 Å². The monoisotopic (exact) mass is 569 g/mol. The Labute approximate surface area is 228 Å². The Hall–Kier alpha value is -2.78. The summed E-state index contributed by atoms with van der Waals surface area (Å²) in [4.78, 5) is 25.1. The summed E-state index contributed by atoms with van der Waals surface area (Å²) in [6, 6.07) is 4.98. The minimum atomic E-state index is -5.82. The zero-order valence-electron chi connectivity index (χ0n) is 22.3. The minimum absolute atomic E-state index is 0.0376. The van der Waals surface area contributed by atoms with E-state index >= 15 is 0 Å². The highest BCUT2D eigenvalue weighted by Gasteiger charge is 2.73. The van der Waals surface area contributed by atoms with Gasteiger partial charge in [0.15, 0.2) is 0 Å². The van der Waals surface area contributed by atoms with Gasteiger partial charge in [-0.2, -0.15) is 26.3 Å². The maximum atomic E-state index is 14.3. The first-order chi connectivity index (χ1) is 18.6. The molecule has 2 N–H and O–H groups in total. The van der Waals surface area contributed by atoms with Crippen molar-refractivity contribution in [3.05, 3.63) is 59.2 Å². The molecule has 10 heteroatoms. The number of amides is 1. The van der Waals surface area contributed by atoms with Crippen LogP contribution in [0.5, 0.6) is 0 Å². The second-order valence-electron chi connectivity index (χ2n) is 12.4. The van der Waals surface area contributed by atoms with Crippen molar-refractivity contribution in [1.29, 1.82) is 0 Å². The first-order valence-corrected chi connectivity index (χ1v) is 13.7. The highest BCUT2D eigenvalue weighted by atomic mass is 19.4. The lowest BCUT2D eigenvalue weighted by Gasteiger charge is -2.57. The fraction of sp³-hybridized carbons (Fsp3) is 0.600. The first kappa shape index (κ1) is 28.7. The largest absolute Gasteiger partial charge is 0.478 e. The molecule has 0 heterocycles. The maximum Gasteiger partial charge on any atom is 0.424 e. The molecule has 1 aromatic carbocycles. The number of halogens is 6.